The van der Waals surface area contributed by atoms with Gasteiger partial charge in [0.2, 0.25) is 0 Å². The molecule has 1 aliphatic rings. The van der Waals surface area contributed by atoms with E-state index in [1.165, 1.54) is 23.5 Å². The lowest BCUT2D eigenvalue weighted by molar-refractivity contribution is -0.137. The van der Waals surface area contributed by atoms with E-state index in [-0.39, 0.29) is 5.91 Å². The standard InChI is InChI=1S/C19H21F3N2O/c1-13-3-4-14(2)24(13)17-9-11-23(12-10-17)18(25)15-5-7-16(8-6-15)19(20,21)22/h3-8,17H,9-12H2,1-2H3. The van der Waals surface area contributed by atoms with E-state index in [0.717, 1.165) is 25.0 Å². The molecular weight excluding hydrogens is 329 g/mol. The number of aromatic nitrogens is 1. The fourth-order valence-corrected chi connectivity index (χ4v) is 3.57. The minimum Gasteiger partial charge on any atom is -0.346 e. The molecule has 0 saturated carbocycles. The van der Waals surface area contributed by atoms with E-state index in [1.54, 1.807) is 4.90 Å². The Balaban J connectivity index is 1.66. The zero-order chi connectivity index (χ0) is 18.2. The number of aryl methyl sites for hydroxylation is 2. The number of amides is 1. The van der Waals surface area contributed by atoms with E-state index < -0.39 is 11.7 Å². The molecule has 1 amide bonds. The Morgan fingerprint density at radius 1 is 0.960 bits per heavy atom. The number of nitrogens with zero attached hydrogens (tertiary/aromatic N) is 2. The number of carbonyl (C=O) groups is 1. The van der Waals surface area contributed by atoms with Gasteiger partial charge in [-0.2, -0.15) is 13.2 Å². The largest absolute Gasteiger partial charge is 0.416 e. The van der Waals surface area contributed by atoms with Crippen LogP contribution in [0.25, 0.3) is 0 Å². The molecule has 25 heavy (non-hydrogen) atoms. The molecular formula is C19H21F3N2O. The summed E-state index contributed by atoms with van der Waals surface area (Å²) < 4.78 is 40.2. The highest BCUT2D eigenvalue weighted by molar-refractivity contribution is 5.94. The summed E-state index contributed by atoms with van der Waals surface area (Å²) in [6, 6.07) is 9.00. The van der Waals surface area contributed by atoms with Crippen molar-refractivity contribution in [2.75, 3.05) is 13.1 Å². The summed E-state index contributed by atoms with van der Waals surface area (Å²) in [5.41, 5.74) is 2.00. The van der Waals surface area contributed by atoms with Gasteiger partial charge < -0.3 is 9.47 Å². The second-order valence-corrected chi connectivity index (χ2v) is 6.58. The van der Waals surface area contributed by atoms with Gasteiger partial charge in [-0.05, 0) is 63.1 Å². The quantitative estimate of drug-likeness (QED) is 0.777. The number of piperidine rings is 1. The molecule has 134 valence electrons. The molecule has 0 bridgehead atoms. The normalized spacial score (nSPS) is 16.3. The smallest absolute Gasteiger partial charge is 0.346 e. The van der Waals surface area contributed by atoms with Crippen molar-refractivity contribution >= 4 is 5.91 Å². The molecule has 1 aliphatic heterocycles. The Kier molecular flexibility index (Phi) is 4.62. The number of benzene rings is 1. The Morgan fingerprint density at radius 3 is 1.96 bits per heavy atom. The highest BCUT2D eigenvalue weighted by atomic mass is 19.4. The molecule has 2 heterocycles. The second kappa shape index (κ2) is 6.58. The van der Waals surface area contributed by atoms with Crippen LogP contribution in [0, 0.1) is 13.8 Å². The number of rotatable bonds is 2. The van der Waals surface area contributed by atoms with E-state index in [1.807, 2.05) is 0 Å². The van der Waals surface area contributed by atoms with E-state index in [4.69, 9.17) is 0 Å². The van der Waals surface area contributed by atoms with Crippen LogP contribution in [0.4, 0.5) is 13.2 Å². The van der Waals surface area contributed by atoms with Crippen LogP contribution in [0.2, 0.25) is 0 Å². The van der Waals surface area contributed by atoms with Gasteiger partial charge in [-0.1, -0.05) is 0 Å². The molecule has 3 nitrogen and oxygen atoms in total. The molecule has 1 aromatic heterocycles. The lowest BCUT2D eigenvalue weighted by Crippen LogP contribution is -2.39. The van der Waals surface area contributed by atoms with Gasteiger partial charge in [0.05, 0.1) is 5.56 Å². The predicted octanol–water partition coefficient (Wildman–Crippen LogP) is 4.60. The third-order valence-electron chi connectivity index (χ3n) is 4.90. The summed E-state index contributed by atoms with van der Waals surface area (Å²) >= 11 is 0. The Hall–Kier alpha value is -2.24. The number of hydrogen-bond acceptors (Lipinski definition) is 1. The van der Waals surface area contributed by atoms with Gasteiger partial charge in [0.25, 0.3) is 5.91 Å². The molecule has 0 unspecified atom stereocenters. The lowest BCUT2D eigenvalue weighted by Gasteiger charge is -2.34. The van der Waals surface area contributed by atoms with Crippen LogP contribution in [-0.4, -0.2) is 28.5 Å². The molecule has 0 radical (unpaired) electrons. The predicted molar refractivity (Wildman–Crippen MR) is 89.5 cm³/mol. The van der Waals surface area contributed by atoms with Gasteiger partial charge in [-0.25, -0.2) is 0 Å². The highest BCUT2D eigenvalue weighted by Gasteiger charge is 2.31. The summed E-state index contributed by atoms with van der Waals surface area (Å²) in [5, 5.41) is 0. The van der Waals surface area contributed by atoms with Crippen molar-refractivity contribution in [3.8, 4) is 0 Å². The molecule has 1 saturated heterocycles. The van der Waals surface area contributed by atoms with Crippen LogP contribution in [0.1, 0.15) is 46.2 Å². The molecule has 6 heteroatoms. The molecule has 1 aromatic carbocycles. The molecule has 1 fully saturated rings. The number of hydrogen-bond donors (Lipinski definition) is 0. The van der Waals surface area contributed by atoms with Crippen LogP contribution in [0.5, 0.6) is 0 Å². The SMILES string of the molecule is Cc1ccc(C)n1C1CCN(C(=O)c2ccc(C(F)(F)F)cc2)CC1. The minimum atomic E-state index is -4.38. The van der Waals surface area contributed by atoms with Gasteiger partial charge in [0, 0.05) is 36.1 Å². The molecule has 0 N–H and O–H groups in total. The number of likely N-dealkylation sites (tertiary alicyclic amines) is 1. The summed E-state index contributed by atoms with van der Waals surface area (Å²) in [6.45, 7) is 5.38. The van der Waals surface area contributed by atoms with E-state index >= 15 is 0 Å². The van der Waals surface area contributed by atoms with Crippen LogP contribution in [0.3, 0.4) is 0 Å². The monoisotopic (exact) mass is 350 g/mol. The second-order valence-electron chi connectivity index (χ2n) is 6.58. The van der Waals surface area contributed by atoms with Crippen LogP contribution in [0.15, 0.2) is 36.4 Å². The van der Waals surface area contributed by atoms with Crippen molar-refractivity contribution in [1.29, 1.82) is 0 Å². The molecule has 2 aromatic rings. The van der Waals surface area contributed by atoms with Crippen LogP contribution in [-0.2, 0) is 6.18 Å². The van der Waals surface area contributed by atoms with Gasteiger partial charge >= 0.3 is 6.18 Å². The van der Waals surface area contributed by atoms with Crippen molar-refractivity contribution in [1.82, 2.24) is 9.47 Å². The number of alkyl halides is 3. The van der Waals surface area contributed by atoms with Crippen LogP contribution >= 0.6 is 0 Å². The molecule has 0 aliphatic carbocycles. The summed E-state index contributed by atoms with van der Waals surface area (Å²) in [7, 11) is 0. The lowest BCUT2D eigenvalue weighted by atomic mass is 10.0. The van der Waals surface area contributed by atoms with Crippen molar-refractivity contribution in [2.45, 2.75) is 38.9 Å². The first kappa shape index (κ1) is 17.6. The Morgan fingerprint density at radius 2 is 1.48 bits per heavy atom. The fraction of sp³-hybridized carbons (Fsp3) is 0.421. The maximum Gasteiger partial charge on any atom is 0.416 e. The fourth-order valence-electron chi connectivity index (χ4n) is 3.57. The third kappa shape index (κ3) is 3.57. The zero-order valence-electron chi connectivity index (χ0n) is 14.3. The highest BCUT2D eigenvalue weighted by Crippen LogP contribution is 2.30. The maximum atomic E-state index is 12.6. The average Bonchev–Trinajstić information content (AvgIpc) is 2.92. The van der Waals surface area contributed by atoms with Crippen LogP contribution < -0.4 is 0 Å². The van der Waals surface area contributed by atoms with Gasteiger partial charge in [-0.3, -0.25) is 4.79 Å². The van der Waals surface area contributed by atoms with E-state index in [9.17, 15) is 18.0 Å². The Labute approximate surface area is 145 Å². The Bertz CT molecular complexity index is 734. The summed E-state index contributed by atoms with van der Waals surface area (Å²) in [5.74, 6) is -0.201. The van der Waals surface area contributed by atoms with Gasteiger partial charge in [-0.15, -0.1) is 0 Å². The first-order chi connectivity index (χ1) is 11.8. The van der Waals surface area contributed by atoms with Crippen molar-refractivity contribution in [3.63, 3.8) is 0 Å². The first-order valence-corrected chi connectivity index (χ1v) is 8.38. The molecule has 0 atom stereocenters. The first-order valence-electron chi connectivity index (χ1n) is 8.38. The van der Waals surface area contributed by atoms with Crippen molar-refractivity contribution < 1.29 is 18.0 Å². The minimum absolute atomic E-state index is 0.201. The third-order valence-corrected chi connectivity index (χ3v) is 4.90. The van der Waals surface area contributed by atoms with E-state index in [2.05, 4.69) is 30.5 Å². The van der Waals surface area contributed by atoms with Gasteiger partial charge in [0.1, 0.15) is 0 Å². The van der Waals surface area contributed by atoms with Crippen molar-refractivity contribution in [2.24, 2.45) is 0 Å². The zero-order valence-corrected chi connectivity index (χ0v) is 14.3. The van der Waals surface area contributed by atoms with E-state index in [0.29, 0.717) is 24.7 Å². The molecule has 0 spiro atoms. The topological polar surface area (TPSA) is 25.2 Å². The molecule has 3 rings (SSSR count). The average molecular weight is 350 g/mol. The maximum absolute atomic E-state index is 12.6. The summed E-state index contributed by atoms with van der Waals surface area (Å²) in [4.78, 5) is 14.3. The number of carbonyl (C=O) groups excluding carboxylic acids is 1. The number of halogens is 3. The summed E-state index contributed by atoms with van der Waals surface area (Å²) in [6.07, 6.45) is -2.68. The van der Waals surface area contributed by atoms with Crippen molar-refractivity contribution in [3.05, 3.63) is 58.9 Å². The van der Waals surface area contributed by atoms with Gasteiger partial charge in [0.15, 0.2) is 0 Å².